The van der Waals surface area contributed by atoms with E-state index in [0.29, 0.717) is 22.9 Å². The minimum atomic E-state index is -0.956. The second kappa shape index (κ2) is 8.66. The van der Waals surface area contributed by atoms with E-state index < -0.39 is 29.8 Å². The van der Waals surface area contributed by atoms with E-state index in [1.54, 1.807) is 30.3 Å². The molecule has 0 bridgehead atoms. The Morgan fingerprint density at radius 1 is 1.03 bits per heavy atom. The van der Waals surface area contributed by atoms with E-state index in [1.165, 1.54) is 19.2 Å². The number of aryl methyl sites for hydroxylation is 1. The van der Waals surface area contributed by atoms with Crippen LogP contribution in [0.15, 0.2) is 52.8 Å². The maximum Gasteiger partial charge on any atom is 0.263 e. The summed E-state index contributed by atoms with van der Waals surface area (Å²) >= 11 is 0. The number of imide groups is 1. The van der Waals surface area contributed by atoms with Gasteiger partial charge in [-0.15, -0.1) is 0 Å². The monoisotopic (exact) mass is 437 g/mol. The molecule has 2 heterocycles. The maximum absolute atomic E-state index is 13.0. The number of ether oxygens (including phenoxy) is 2. The van der Waals surface area contributed by atoms with E-state index in [1.807, 2.05) is 19.1 Å². The van der Waals surface area contributed by atoms with Gasteiger partial charge in [0.05, 0.1) is 19.9 Å². The number of methoxy groups -OCH3 is 2. The third-order valence-corrected chi connectivity index (χ3v) is 5.43. The third kappa shape index (κ3) is 3.75. The van der Waals surface area contributed by atoms with Gasteiger partial charge in [0.2, 0.25) is 5.91 Å². The summed E-state index contributed by atoms with van der Waals surface area (Å²) in [5, 5.41) is 11.8. The van der Waals surface area contributed by atoms with Crippen LogP contribution in [-0.4, -0.2) is 55.6 Å². The van der Waals surface area contributed by atoms with Crippen molar-refractivity contribution in [2.24, 2.45) is 10.3 Å². The zero-order chi connectivity index (χ0) is 22.8. The van der Waals surface area contributed by atoms with Gasteiger partial charge < -0.3 is 14.8 Å². The summed E-state index contributed by atoms with van der Waals surface area (Å²) in [5.41, 5.74) is 2.07. The van der Waals surface area contributed by atoms with Gasteiger partial charge in [-0.2, -0.15) is 5.11 Å². The van der Waals surface area contributed by atoms with E-state index in [-0.39, 0.29) is 6.54 Å². The Kier molecular flexibility index (Phi) is 5.76. The number of carbonyl (C=O) groups excluding carboxylic acids is 3. The van der Waals surface area contributed by atoms with Crippen molar-refractivity contribution in [3.63, 3.8) is 0 Å². The fourth-order valence-electron chi connectivity index (χ4n) is 3.75. The minimum Gasteiger partial charge on any atom is -0.493 e. The van der Waals surface area contributed by atoms with E-state index in [2.05, 4.69) is 15.7 Å². The summed E-state index contributed by atoms with van der Waals surface area (Å²) in [4.78, 5) is 39.5. The smallest absolute Gasteiger partial charge is 0.263 e. The van der Waals surface area contributed by atoms with Crippen LogP contribution in [0.3, 0.4) is 0 Å². The first-order valence-corrected chi connectivity index (χ1v) is 10.1. The van der Waals surface area contributed by atoms with Crippen LogP contribution in [0.2, 0.25) is 0 Å². The standard InChI is InChI=1S/C22H23N5O5/c1-4-13-5-8-15(9-6-13)27-21(29)19-20(22(27)30)26(25-24-19)12-18(28)23-14-7-10-16(31-2)17(11-14)32-3/h5-11,19-20H,4,12H2,1-3H3,(H,23,28)/t19-,20-/m0/s1. The molecule has 2 aromatic rings. The average Bonchev–Trinajstić information content (AvgIpc) is 3.32. The van der Waals surface area contributed by atoms with Crippen LogP contribution in [0.4, 0.5) is 11.4 Å². The predicted octanol–water partition coefficient (Wildman–Crippen LogP) is 2.20. The highest BCUT2D eigenvalue weighted by Gasteiger charge is 2.55. The molecule has 2 aliphatic heterocycles. The number of amides is 3. The quantitative estimate of drug-likeness (QED) is 0.665. The number of hydrogen-bond donors (Lipinski definition) is 1. The van der Waals surface area contributed by atoms with Crippen molar-refractivity contribution in [2.45, 2.75) is 25.4 Å². The first-order valence-electron chi connectivity index (χ1n) is 10.1. The number of nitrogens with zero attached hydrogens (tertiary/aromatic N) is 4. The minimum absolute atomic E-state index is 0.235. The molecule has 10 heteroatoms. The lowest BCUT2D eigenvalue weighted by molar-refractivity contribution is -0.123. The number of nitrogens with one attached hydrogen (secondary N) is 1. The summed E-state index contributed by atoms with van der Waals surface area (Å²) in [6, 6.07) is 10.3. The molecule has 10 nitrogen and oxygen atoms in total. The molecular weight excluding hydrogens is 414 g/mol. The van der Waals surface area contributed by atoms with Crippen LogP contribution in [0.25, 0.3) is 0 Å². The maximum atomic E-state index is 13.0. The molecule has 4 rings (SSSR count). The SMILES string of the molecule is CCc1ccc(N2C(=O)[C@H]3N=NN(CC(=O)Nc4ccc(OC)c(OC)c4)[C@@H]3C2=O)cc1. The van der Waals surface area contributed by atoms with Crippen molar-refractivity contribution in [3.05, 3.63) is 48.0 Å². The van der Waals surface area contributed by atoms with Crippen molar-refractivity contribution in [3.8, 4) is 11.5 Å². The lowest BCUT2D eigenvalue weighted by atomic mass is 10.1. The first kappa shape index (κ1) is 21.3. The Hall–Kier alpha value is -3.95. The molecule has 3 amide bonds. The van der Waals surface area contributed by atoms with Gasteiger partial charge in [0.1, 0.15) is 6.54 Å². The van der Waals surface area contributed by atoms with Gasteiger partial charge in [0, 0.05) is 11.8 Å². The number of carbonyl (C=O) groups is 3. The number of anilines is 2. The average molecular weight is 437 g/mol. The molecule has 166 valence electrons. The Bertz CT molecular complexity index is 1080. The molecule has 1 saturated heterocycles. The summed E-state index contributed by atoms with van der Waals surface area (Å²) in [6.07, 6.45) is 0.852. The molecule has 1 fully saturated rings. The van der Waals surface area contributed by atoms with Gasteiger partial charge in [-0.05, 0) is 36.2 Å². The molecule has 0 unspecified atom stereocenters. The van der Waals surface area contributed by atoms with E-state index >= 15 is 0 Å². The lowest BCUT2D eigenvalue weighted by Crippen LogP contribution is -2.43. The zero-order valence-electron chi connectivity index (χ0n) is 17.9. The van der Waals surface area contributed by atoms with E-state index in [4.69, 9.17) is 9.47 Å². The molecule has 0 aliphatic carbocycles. The van der Waals surface area contributed by atoms with E-state index in [0.717, 1.165) is 16.9 Å². The van der Waals surface area contributed by atoms with Crippen LogP contribution in [0.1, 0.15) is 12.5 Å². The number of benzene rings is 2. The summed E-state index contributed by atoms with van der Waals surface area (Å²) in [5.74, 6) is -0.317. The lowest BCUT2D eigenvalue weighted by Gasteiger charge is -2.20. The van der Waals surface area contributed by atoms with Gasteiger partial charge in [-0.3, -0.25) is 19.4 Å². The van der Waals surface area contributed by atoms with Crippen LogP contribution < -0.4 is 19.7 Å². The third-order valence-electron chi connectivity index (χ3n) is 5.43. The summed E-state index contributed by atoms with van der Waals surface area (Å²) in [7, 11) is 3.02. The van der Waals surface area contributed by atoms with Crippen LogP contribution in [-0.2, 0) is 20.8 Å². The van der Waals surface area contributed by atoms with Crippen molar-refractivity contribution >= 4 is 29.1 Å². The van der Waals surface area contributed by atoms with Crippen molar-refractivity contribution in [1.29, 1.82) is 0 Å². The highest BCUT2D eigenvalue weighted by molar-refractivity contribution is 6.25. The van der Waals surface area contributed by atoms with Crippen LogP contribution in [0.5, 0.6) is 11.5 Å². The topological polar surface area (TPSA) is 113 Å². The highest BCUT2D eigenvalue weighted by Crippen LogP contribution is 2.32. The second-order valence-electron chi connectivity index (χ2n) is 7.34. The molecular formula is C22H23N5O5. The number of fused-ring (bicyclic) bond motifs is 1. The molecule has 2 atom stereocenters. The Morgan fingerprint density at radius 3 is 2.41 bits per heavy atom. The number of hydrogen-bond acceptors (Lipinski definition) is 8. The first-order chi connectivity index (χ1) is 15.5. The summed E-state index contributed by atoms with van der Waals surface area (Å²) in [6.45, 7) is 1.79. The molecule has 0 saturated carbocycles. The zero-order valence-corrected chi connectivity index (χ0v) is 17.9. The predicted molar refractivity (Wildman–Crippen MR) is 116 cm³/mol. The van der Waals surface area contributed by atoms with E-state index in [9.17, 15) is 14.4 Å². The van der Waals surface area contributed by atoms with Gasteiger partial charge in [-0.1, -0.05) is 24.3 Å². The molecule has 0 aromatic heterocycles. The van der Waals surface area contributed by atoms with Crippen molar-refractivity contribution in [2.75, 3.05) is 31.0 Å². The summed E-state index contributed by atoms with van der Waals surface area (Å²) < 4.78 is 10.4. The fraction of sp³-hybridized carbons (Fsp3) is 0.318. The van der Waals surface area contributed by atoms with Gasteiger partial charge in [0.25, 0.3) is 11.8 Å². The Labute approximate surface area is 184 Å². The Balaban J connectivity index is 1.46. The van der Waals surface area contributed by atoms with Crippen molar-refractivity contribution < 1.29 is 23.9 Å². The Morgan fingerprint density at radius 2 is 1.75 bits per heavy atom. The van der Waals surface area contributed by atoms with Gasteiger partial charge >= 0.3 is 0 Å². The normalized spacial score (nSPS) is 19.3. The fourth-order valence-corrected chi connectivity index (χ4v) is 3.75. The van der Waals surface area contributed by atoms with Crippen LogP contribution in [0, 0.1) is 0 Å². The van der Waals surface area contributed by atoms with Gasteiger partial charge in [-0.25, -0.2) is 4.90 Å². The molecule has 2 aliphatic rings. The molecule has 0 spiro atoms. The largest absolute Gasteiger partial charge is 0.493 e. The highest BCUT2D eigenvalue weighted by atomic mass is 16.5. The molecule has 1 N–H and O–H groups in total. The van der Waals surface area contributed by atoms with Gasteiger partial charge in [0.15, 0.2) is 23.6 Å². The molecule has 0 radical (unpaired) electrons. The van der Waals surface area contributed by atoms with Crippen molar-refractivity contribution in [1.82, 2.24) is 5.01 Å². The molecule has 32 heavy (non-hydrogen) atoms. The number of rotatable bonds is 7. The molecule has 2 aromatic carbocycles. The van der Waals surface area contributed by atoms with Crippen LogP contribution >= 0.6 is 0 Å². The second-order valence-corrected chi connectivity index (χ2v) is 7.34.